The molecule has 0 bridgehead atoms. The Morgan fingerprint density at radius 2 is 2.05 bits per heavy atom. The molecule has 1 rings (SSSR count). The van der Waals surface area contributed by atoms with Crippen molar-refractivity contribution in [1.29, 1.82) is 0 Å². The number of aromatic carboxylic acids is 1. The molecule has 19 heavy (non-hydrogen) atoms. The first-order valence-corrected chi connectivity index (χ1v) is 7.22. The van der Waals surface area contributed by atoms with Crippen LogP contribution in [0.3, 0.4) is 0 Å². The molecule has 7 heteroatoms. The largest absolute Gasteiger partial charge is 0.495 e. The lowest BCUT2D eigenvalue weighted by Crippen LogP contribution is -2.18. The molecule has 0 aliphatic heterocycles. The minimum Gasteiger partial charge on any atom is -0.495 e. The number of carboxylic acid groups (broad SMARTS) is 1. The van der Waals surface area contributed by atoms with E-state index in [1.165, 1.54) is 19.2 Å². The summed E-state index contributed by atoms with van der Waals surface area (Å²) in [6.45, 7) is 1.32. The molecule has 0 aliphatic carbocycles. The lowest BCUT2D eigenvalue weighted by atomic mass is 10.2. The average Bonchev–Trinajstić information content (AvgIpc) is 2.37. The highest BCUT2D eigenvalue weighted by atomic mass is 32.2. The average molecular weight is 288 g/mol. The molecule has 1 aromatic carbocycles. The molecule has 0 radical (unpaired) electrons. The lowest BCUT2D eigenvalue weighted by molar-refractivity contribution is 0.0696. The second-order valence-corrected chi connectivity index (χ2v) is 6.24. The van der Waals surface area contributed by atoms with Gasteiger partial charge in [0.2, 0.25) is 0 Å². The maximum Gasteiger partial charge on any atom is 0.335 e. The second-order valence-electron chi connectivity index (χ2n) is 4.24. The molecule has 0 spiro atoms. The topological polar surface area (TPSA) is 101 Å². The molecule has 2 N–H and O–H groups in total. The quantitative estimate of drug-likeness (QED) is 0.802. The van der Waals surface area contributed by atoms with E-state index in [1.54, 1.807) is 6.92 Å². The van der Waals surface area contributed by atoms with Gasteiger partial charge in [-0.3, -0.25) is 0 Å². The zero-order valence-corrected chi connectivity index (χ0v) is 11.5. The Morgan fingerprint density at radius 3 is 2.53 bits per heavy atom. The van der Waals surface area contributed by atoms with Crippen LogP contribution in [0.25, 0.3) is 0 Å². The molecule has 1 unspecified atom stereocenters. The number of aliphatic hydroxyl groups excluding tert-OH is 1. The van der Waals surface area contributed by atoms with Gasteiger partial charge >= 0.3 is 5.97 Å². The standard InChI is InChI=1S/C12H16O6S/c1-8(6-13)7-19(16,17)11-5-9(12(14)15)3-4-10(11)18-2/h3-5,8,13H,6-7H2,1-2H3,(H,14,15). The highest BCUT2D eigenvalue weighted by Gasteiger charge is 2.23. The number of ether oxygens (including phenoxy) is 1. The van der Waals surface area contributed by atoms with Gasteiger partial charge in [-0.1, -0.05) is 6.92 Å². The fourth-order valence-electron chi connectivity index (χ4n) is 1.57. The number of aliphatic hydroxyl groups is 1. The van der Waals surface area contributed by atoms with E-state index < -0.39 is 21.7 Å². The predicted molar refractivity (Wildman–Crippen MR) is 68.3 cm³/mol. The summed E-state index contributed by atoms with van der Waals surface area (Å²) in [6, 6.07) is 3.65. The molecule has 0 aromatic heterocycles. The van der Waals surface area contributed by atoms with Gasteiger partial charge in [-0.25, -0.2) is 13.2 Å². The molecule has 6 nitrogen and oxygen atoms in total. The Balaban J connectivity index is 3.30. The summed E-state index contributed by atoms with van der Waals surface area (Å²) >= 11 is 0. The SMILES string of the molecule is COc1ccc(C(=O)O)cc1S(=O)(=O)CC(C)CO. The van der Waals surface area contributed by atoms with E-state index in [4.69, 9.17) is 14.9 Å². The molecule has 1 aromatic rings. The third-order valence-electron chi connectivity index (χ3n) is 2.56. The van der Waals surface area contributed by atoms with Crippen LogP contribution in [0.1, 0.15) is 17.3 Å². The van der Waals surface area contributed by atoms with Gasteiger partial charge in [0.25, 0.3) is 0 Å². The Hall–Kier alpha value is -1.60. The van der Waals surface area contributed by atoms with Crippen LogP contribution in [-0.4, -0.2) is 44.1 Å². The minimum absolute atomic E-state index is 0.0927. The maximum absolute atomic E-state index is 12.2. The van der Waals surface area contributed by atoms with Crippen LogP contribution >= 0.6 is 0 Å². The van der Waals surface area contributed by atoms with Crippen molar-refractivity contribution in [2.45, 2.75) is 11.8 Å². The number of hydrogen-bond donors (Lipinski definition) is 2. The smallest absolute Gasteiger partial charge is 0.335 e. The Kier molecular flexibility index (Phi) is 4.90. The van der Waals surface area contributed by atoms with Crippen molar-refractivity contribution in [2.75, 3.05) is 19.5 Å². The zero-order chi connectivity index (χ0) is 14.6. The third kappa shape index (κ3) is 3.68. The summed E-state index contributed by atoms with van der Waals surface area (Å²) in [5, 5.41) is 17.8. The summed E-state index contributed by atoms with van der Waals surface area (Å²) in [5.74, 6) is -1.84. The highest BCUT2D eigenvalue weighted by molar-refractivity contribution is 7.91. The first-order valence-electron chi connectivity index (χ1n) is 5.56. The van der Waals surface area contributed by atoms with Crippen LogP contribution in [0.5, 0.6) is 5.75 Å². The number of rotatable bonds is 6. The molecule has 0 amide bonds. The van der Waals surface area contributed by atoms with Crippen molar-refractivity contribution >= 4 is 15.8 Å². The zero-order valence-electron chi connectivity index (χ0n) is 10.7. The molecule has 0 fully saturated rings. The van der Waals surface area contributed by atoms with E-state index in [0.717, 1.165) is 6.07 Å². The van der Waals surface area contributed by atoms with Gasteiger partial charge in [0.15, 0.2) is 9.84 Å². The van der Waals surface area contributed by atoms with Crippen LogP contribution < -0.4 is 4.74 Å². The fraction of sp³-hybridized carbons (Fsp3) is 0.417. The summed E-state index contributed by atoms with van der Waals surface area (Å²) in [6.07, 6.45) is 0. The maximum atomic E-state index is 12.2. The van der Waals surface area contributed by atoms with Crippen molar-refractivity contribution in [3.8, 4) is 5.75 Å². The Morgan fingerprint density at radius 1 is 1.42 bits per heavy atom. The lowest BCUT2D eigenvalue weighted by Gasteiger charge is -2.12. The molecular formula is C12H16O6S. The van der Waals surface area contributed by atoms with Gasteiger partial charge in [-0.2, -0.15) is 0 Å². The molecule has 106 valence electrons. The number of carboxylic acids is 1. The van der Waals surface area contributed by atoms with Crippen LogP contribution in [0, 0.1) is 5.92 Å². The second kappa shape index (κ2) is 6.03. The number of carbonyl (C=O) groups is 1. The third-order valence-corrected chi connectivity index (χ3v) is 4.56. The van der Waals surface area contributed by atoms with E-state index >= 15 is 0 Å². The van der Waals surface area contributed by atoms with Crippen molar-refractivity contribution in [3.63, 3.8) is 0 Å². The van der Waals surface area contributed by atoms with Gasteiger partial charge in [-0.05, 0) is 24.1 Å². The number of methoxy groups -OCH3 is 1. The van der Waals surface area contributed by atoms with Gasteiger partial charge in [0, 0.05) is 6.61 Å². The van der Waals surface area contributed by atoms with Gasteiger partial charge < -0.3 is 14.9 Å². The molecule has 0 aliphatic rings. The van der Waals surface area contributed by atoms with Crippen LogP contribution in [0.4, 0.5) is 0 Å². The van der Waals surface area contributed by atoms with Crippen LogP contribution in [0.2, 0.25) is 0 Å². The Bertz CT molecular complexity index is 564. The van der Waals surface area contributed by atoms with E-state index in [0.29, 0.717) is 0 Å². The number of sulfone groups is 1. The molecular weight excluding hydrogens is 272 g/mol. The molecule has 0 saturated carbocycles. The van der Waals surface area contributed by atoms with Crippen molar-refractivity contribution in [3.05, 3.63) is 23.8 Å². The first-order chi connectivity index (χ1) is 8.81. The van der Waals surface area contributed by atoms with Crippen molar-refractivity contribution in [1.82, 2.24) is 0 Å². The predicted octanol–water partition coefficient (Wildman–Crippen LogP) is 0.795. The summed E-state index contributed by atoms with van der Waals surface area (Å²) < 4.78 is 29.3. The van der Waals surface area contributed by atoms with Gasteiger partial charge in [-0.15, -0.1) is 0 Å². The normalized spacial score (nSPS) is 13.0. The summed E-state index contributed by atoms with van der Waals surface area (Å²) in [4.78, 5) is 10.7. The molecule has 0 heterocycles. The molecule has 0 saturated heterocycles. The Labute approximate surface area is 111 Å². The fourth-order valence-corrected chi connectivity index (χ4v) is 3.37. The van der Waals surface area contributed by atoms with Gasteiger partial charge in [0.05, 0.1) is 18.4 Å². The monoisotopic (exact) mass is 288 g/mol. The van der Waals surface area contributed by atoms with E-state index in [2.05, 4.69) is 0 Å². The van der Waals surface area contributed by atoms with E-state index in [1.807, 2.05) is 0 Å². The van der Waals surface area contributed by atoms with Crippen molar-refractivity contribution in [2.24, 2.45) is 5.92 Å². The van der Waals surface area contributed by atoms with Crippen molar-refractivity contribution < 1.29 is 28.2 Å². The minimum atomic E-state index is -3.72. The van der Waals surface area contributed by atoms with Crippen LogP contribution in [-0.2, 0) is 9.84 Å². The molecule has 1 atom stereocenters. The first kappa shape index (κ1) is 15.5. The van der Waals surface area contributed by atoms with E-state index in [9.17, 15) is 13.2 Å². The van der Waals surface area contributed by atoms with Gasteiger partial charge in [0.1, 0.15) is 10.6 Å². The summed E-state index contributed by atoms with van der Waals surface area (Å²) in [5.41, 5.74) is -0.129. The van der Waals surface area contributed by atoms with E-state index in [-0.39, 0.29) is 28.6 Å². The summed E-state index contributed by atoms with van der Waals surface area (Å²) in [7, 11) is -2.41. The van der Waals surface area contributed by atoms with Crippen LogP contribution in [0.15, 0.2) is 23.1 Å². The number of benzene rings is 1. The highest BCUT2D eigenvalue weighted by Crippen LogP contribution is 2.27. The number of hydrogen-bond acceptors (Lipinski definition) is 5.